The molecular formula is C21H21NO6. The molecule has 1 N–H and O–H groups in total. The maximum Gasteiger partial charge on any atom is 0.411 e. The van der Waals surface area contributed by atoms with Gasteiger partial charge in [0, 0.05) is 6.04 Å². The molecule has 2 aromatic carbocycles. The lowest BCUT2D eigenvalue weighted by atomic mass is 9.89. The Morgan fingerprint density at radius 1 is 1.14 bits per heavy atom. The van der Waals surface area contributed by atoms with Crippen LogP contribution in [0.25, 0.3) is 0 Å². The molecule has 1 unspecified atom stereocenters. The number of nitrogens with zero attached hydrogens (tertiary/aromatic N) is 1. The number of amides is 1. The molecule has 1 aliphatic heterocycles. The maximum absolute atomic E-state index is 12.9. The minimum Gasteiger partial charge on any atom is -0.479 e. The van der Waals surface area contributed by atoms with Crippen molar-refractivity contribution < 1.29 is 28.9 Å². The molecule has 2 aromatic rings. The summed E-state index contributed by atoms with van der Waals surface area (Å²) in [6.07, 6.45) is 0.843. The van der Waals surface area contributed by atoms with Gasteiger partial charge in [0.1, 0.15) is 6.61 Å². The van der Waals surface area contributed by atoms with E-state index in [1.807, 2.05) is 30.3 Å². The first kappa shape index (κ1) is 18.2. The molecule has 2 aliphatic rings. The molecule has 7 heteroatoms. The number of benzene rings is 2. The first-order chi connectivity index (χ1) is 13.5. The molecule has 0 spiro atoms. The Labute approximate surface area is 162 Å². The highest BCUT2D eigenvalue weighted by molar-refractivity contribution is 5.86. The van der Waals surface area contributed by atoms with E-state index in [4.69, 9.17) is 14.2 Å². The van der Waals surface area contributed by atoms with Crippen LogP contribution in [0.1, 0.15) is 30.9 Å². The van der Waals surface area contributed by atoms with E-state index in [1.54, 1.807) is 18.2 Å². The highest BCUT2D eigenvalue weighted by atomic mass is 16.7. The quantitative estimate of drug-likeness (QED) is 0.822. The van der Waals surface area contributed by atoms with Crippen molar-refractivity contribution in [2.24, 2.45) is 0 Å². The number of ether oxygens (including phenoxy) is 3. The van der Waals surface area contributed by atoms with E-state index >= 15 is 0 Å². The smallest absolute Gasteiger partial charge is 0.411 e. The molecule has 146 valence electrons. The van der Waals surface area contributed by atoms with Crippen LogP contribution in [-0.2, 0) is 21.7 Å². The summed E-state index contributed by atoms with van der Waals surface area (Å²) in [7, 11) is 0. The third-order valence-corrected chi connectivity index (χ3v) is 5.15. The SMILES string of the molecule is CC(C(=O)O)(c1ccc2c(c1)OCO2)N(C(=O)OCc1ccccc1)C1CC1. The lowest BCUT2D eigenvalue weighted by Crippen LogP contribution is -2.54. The van der Waals surface area contributed by atoms with Crippen LogP contribution in [0, 0.1) is 0 Å². The fourth-order valence-corrected chi connectivity index (χ4v) is 3.38. The van der Waals surface area contributed by atoms with Gasteiger partial charge in [0.25, 0.3) is 0 Å². The molecule has 28 heavy (non-hydrogen) atoms. The van der Waals surface area contributed by atoms with Gasteiger partial charge in [0.2, 0.25) is 6.79 Å². The van der Waals surface area contributed by atoms with Crippen molar-refractivity contribution in [3.8, 4) is 11.5 Å². The van der Waals surface area contributed by atoms with Crippen LogP contribution in [-0.4, -0.2) is 34.9 Å². The molecule has 0 saturated heterocycles. The largest absolute Gasteiger partial charge is 0.479 e. The molecule has 1 heterocycles. The van der Waals surface area contributed by atoms with Crippen LogP contribution in [0.2, 0.25) is 0 Å². The van der Waals surface area contributed by atoms with Gasteiger partial charge in [-0.3, -0.25) is 4.90 Å². The van der Waals surface area contributed by atoms with Gasteiger partial charge in [-0.1, -0.05) is 36.4 Å². The predicted molar refractivity (Wildman–Crippen MR) is 99.0 cm³/mol. The van der Waals surface area contributed by atoms with Gasteiger partial charge in [-0.2, -0.15) is 0 Å². The van der Waals surface area contributed by atoms with Crippen molar-refractivity contribution in [3.63, 3.8) is 0 Å². The monoisotopic (exact) mass is 383 g/mol. The van der Waals surface area contributed by atoms with E-state index < -0.39 is 17.6 Å². The molecule has 4 rings (SSSR count). The zero-order valence-corrected chi connectivity index (χ0v) is 15.5. The number of carbonyl (C=O) groups is 2. The molecule has 1 fully saturated rings. The first-order valence-electron chi connectivity index (χ1n) is 9.13. The second-order valence-electron chi connectivity index (χ2n) is 7.09. The Hall–Kier alpha value is -3.22. The summed E-state index contributed by atoms with van der Waals surface area (Å²) < 4.78 is 16.2. The van der Waals surface area contributed by atoms with Crippen molar-refractivity contribution in [1.29, 1.82) is 0 Å². The summed E-state index contributed by atoms with van der Waals surface area (Å²) in [5.41, 5.74) is -0.310. The highest BCUT2D eigenvalue weighted by Gasteiger charge is 2.51. The van der Waals surface area contributed by atoms with Crippen LogP contribution < -0.4 is 9.47 Å². The van der Waals surface area contributed by atoms with Gasteiger partial charge < -0.3 is 19.3 Å². The predicted octanol–water partition coefficient (Wildman–Crippen LogP) is 3.52. The Morgan fingerprint density at radius 2 is 1.86 bits per heavy atom. The second-order valence-corrected chi connectivity index (χ2v) is 7.09. The van der Waals surface area contributed by atoms with E-state index in [-0.39, 0.29) is 19.4 Å². The normalized spacial score (nSPS) is 16.9. The maximum atomic E-state index is 12.9. The number of carboxylic acids is 1. The van der Waals surface area contributed by atoms with Crippen molar-refractivity contribution in [2.75, 3.05) is 6.79 Å². The van der Waals surface area contributed by atoms with Crippen molar-refractivity contribution >= 4 is 12.1 Å². The number of rotatable bonds is 6. The second kappa shape index (κ2) is 7.07. The summed E-state index contributed by atoms with van der Waals surface area (Å²) in [5.74, 6) is -0.102. The van der Waals surface area contributed by atoms with E-state index in [2.05, 4.69) is 0 Å². The van der Waals surface area contributed by atoms with Gasteiger partial charge in [0.05, 0.1) is 0 Å². The van der Waals surface area contributed by atoms with Gasteiger partial charge in [-0.25, -0.2) is 9.59 Å². The van der Waals surface area contributed by atoms with Crippen molar-refractivity contribution in [1.82, 2.24) is 4.90 Å². The molecule has 7 nitrogen and oxygen atoms in total. The fourth-order valence-electron chi connectivity index (χ4n) is 3.38. The summed E-state index contributed by atoms with van der Waals surface area (Å²) >= 11 is 0. The van der Waals surface area contributed by atoms with E-state index in [0.29, 0.717) is 17.1 Å². The highest BCUT2D eigenvalue weighted by Crippen LogP contribution is 2.42. The number of hydrogen-bond donors (Lipinski definition) is 1. The molecule has 0 radical (unpaired) electrons. The summed E-state index contributed by atoms with van der Waals surface area (Å²) in [6.45, 7) is 1.70. The zero-order chi connectivity index (χ0) is 19.7. The molecule has 1 atom stereocenters. The van der Waals surface area contributed by atoms with Gasteiger partial charge in [-0.15, -0.1) is 0 Å². The van der Waals surface area contributed by atoms with Gasteiger partial charge in [0.15, 0.2) is 17.0 Å². The molecule has 0 bridgehead atoms. The number of aliphatic carboxylic acids is 1. The Morgan fingerprint density at radius 3 is 2.54 bits per heavy atom. The third kappa shape index (κ3) is 3.24. The Balaban J connectivity index is 1.63. The molecular weight excluding hydrogens is 362 g/mol. The van der Waals surface area contributed by atoms with Crippen LogP contribution in [0.15, 0.2) is 48.5 Å². The lowest BCUT2D eigenvalue weighted by molar-refractivity contribution is -0.150. The third-order valence-electron chi connectivity index (χ3n) is 5.15. The summed E-state index contributed by atoms with van der Waals surface area (Å²) in [5, 5.41) is 10.1. The van der Waals surface area contributed by atoms with Gasteiger partial charge in [-0.05, 0) is 43.0 Å². The van der Waals surface area contributed by atoms with E-state index in [0.717, 1.165) is 18.4 Å². The molecule has 1 aliphatic carbocycles. The molecule has 1 amide bonds. The van der Waals surface area contributed by atoms with Crippen LogP contribution in [0.3, 0.4) is 0 Å². The van der Waals surface area contributed by atoms with Crippen molar-refractivity contribution in [2.45, 2.75) is 38.0 Å². The minimum atomic E-state index is -1.59. The number of carboxylic acid groups (broad SMARTS) is 1. The Bertz CT molecular complexity index is 895. The standard InChI is InChI=1S/C21H21NO6/c1-21(19(23)24,15-7-10-17-18(11-15)28-13-27-17)22(16-8-9-16)20(25)26-12-14-5-3-2-4-6-14/h2-7,10-11,16H,8-9,12-13H2,1H3,(H,23,24). The topological polar surface area (TPSA) is 85.3 Å². The number of hydrogen-bond acceptors (Lipinski definition) is 5. The van der Waals surface area contributed by atoms with Gasteiger partial charge >= 0.3 is 12.1 Å². The molecule has 1 saturated carbocycles. The zero-order valence-electron chi connectivity index (χ0n) is 15.5. The van der Waals surface area contributed by atoms with E-state index in [1.165, 1.54) is 11.8 Å². The average molecular weight is 383 g/mol. The number of carbonyl (C=O) groups excluding carboxylic acids is 1. The summed E-state index contributed by atoms with van der Waals surface area (Å²) in [4.78, 5) is 26.6. The van der Waals surface area contributed by atoms with Crippen LogP contribution >= 0.6 is 0 Å². The lowest BCUT2D eigenvalue weighted by Gasteiger charge is -2.37. The minimum absolute atomic E-state index is 0.0831. The Kier molecular flexibility index (Phi) is 4.58. The fraction of sp³-hybridized carbons (Fsp3) is 0.333. The average Bonchev–Trinajstić information content (AvgIpc) is 3.41. The first-order valence-corrected chi connectivity index (χ1v) is 9.13. The molecule has 0 aromatic heterocycles. The van der Waals surface area contributed by atoms with Crippen molar-refractivity contribution in [3.05, 3.63) is 59.7 Å². The summed E-state index contributed by atoms with van der Waals surface area (Å²) in [6, 6.07) is 14.1. The number of fused-ring (bicyclic) bond motifs is 1. The van der Waals surface area contributed by atoms with Crippen LogP contribution in [0.4, 0.5) is 4.79 Å². The van der Waals surface area contributed by atoms with E-state index in [9.17, 15) is 14.7 Å². The van der Waals surface area contributed by atoms with Crippen LogP contribution in [0.5, 0.6) is 11.5 Å².